The largest absolute Gasteiger partial charge is 0.416 e. The summed E-state index contributed by atoms with van der Waals surface area (Å²) in [5.74, 6) is -0.670. The van der Waals surface area contributed by atoms with Crippen molar-refractivity contribution < 1.29 is 22.9 Å². The van der Waals surface area contributed by atoms with E-state index in [1.807, 2.05) is 0 Å². The van der Waals surface area contributed by atoms with Gasteiger partial charge in [0.05, 0.1) is 10.5 Å². The van der Waals surface area contributed by atoms with Crippen LogP contribution in [0.15, 0.2) is 42.5 Å². The minimum Gasteiger partial charge on any atom is -0.364 e. The van der Waals surface area contributed by atoms with E-state index >= 15 is 0 Å². The molecule has 4 N–H and O–H groups in total. The number of benzene rings is 1. The number of hydrogen-bond acceptors (Lipinski definition) is 6. The van der Waals surface area contributed by atoms with Crippen LogP contribution in [-0.4, -0.2) is 10.8 Å². The molecule has 11 heteroatoms. The maximum Gasteiger partial charge on any atom is 0.416 e. The van der Waals surface area contributed by atoms with Gasteiger partial charge in [0.2, 0.25) is 0 Å². The van der Waals surface area contributed by atoms with Gasteiger partial charge >= 0.3 is 6.18 Å². The summed E-state index contributed by atoms with van der Waals surface area (Å²) in [7, 11) is 0. The molecule has 0 saturated heterocycles. The van der Waals surface area contributed by atoms with Gasteiger partial charge < -0.3 is 10.6 Å². The Kier molecular flexibility index (Phi) is 4.39. The van der Waals surface area contributed by atoms with Gasteiger partial charge in [0.1, 0.15) is 11.4 Å². The van der Waals surface area contributed by atoms with Crippen molar-refractivity contribution in [1.82, 2.24) is 16.1 Å². The highest BCUT2D eigenvalue weighted by Gasteiger charge is 2.33. The van der Waals surface area contributed by atoms with Crippen molar-refractivity contribution in [2.75, 3.05) is 5.43 Å². The molecule has 0 saturated carbocycles. The number of carbonyl (C=O) groups is 1. The number of alkyl halides is 3. The van der Waals surface area contributed by atoms with E-state index in [4.69, 9.17) is 0 Å². The lowest BCUT2D eigenvalue weighted by Crippen LogP contribution is -2.36. The molecule has 1 aliphatic rings. The van der Waals surface area contributed by atoms with Gasteiger partial charge in [0, 0.05) is 24.7 Å². The molecule has 1 aromatic rings. The quantitative estimate of drug-likeness (QED) is 0.493. The minimum atomic E-state index is -4.71. The summed E-state index contributed by atoms with van der Waals surface area (Å²) in [4.78, 5) is 21.7. The van der Waals surface area contributed by atoms with Crippen molar-refractivity contribution in [3.63, 3.8) is 0 Å². The molecule has 0 aromatic heterocycles. The summed E-state index contributed by atoms with van der Waals surface area (Å²) >= 11 is 0. The minimum absolute atomic E-state index is 0.106. The molecule has 1 aromatic carbocycles. The first-order chi connectivity index (χ1) is 10.8. The highest BCUT2D eigenvalue weighted by Crippen LogP contribution is 2.34. The lowest BCUT2D eigenvalue weighted by molar-refractivity contribution is -0.384. The van der Waals surface area contributed by atoms with E-state index in [1.54, 1.807) is 0 Å². The van der Waals surface area contributed by atoms with Crippen molar-refractivity contribution >= 4 is 17.3 Å². The van der Waals surface area contributed by atoms with Crippen LogP contribution < -0.4 is 21.5 Å². The first-order valence-corrected chi connectivity index (χ1v) is 6.09. The third-order valence-corrected chi connectivity index (χ3v) is 2.72. The zero-order valence-corrected chi connectivity index (χ0v) is 11.3. The van der Waals surface area contributed by atoms with Gasteiger partial charge in [-0.25, -0.2) is 0 Å². The third-order valence-electron chi connectivity index (χ3n) is 2.72. The van der Waals surface area contributed by atoms with Gasteiger partial charge in [-0.05, 0) is 12.1 Å². The summed E-state index contributed by atoms with van der Waals surface area (Å²) in [6.07, 6.45) is -0.417. The molecule has 1 aliphatic heterocycles. The standard InChI is InChI=1S/C12H10F3N5O3/c13-12(14,15)7-1-2-8(10(5-7)20(22)23)18-19-11(21)9-6-16-3-4-17-9/h1-6,16-18H,(H,19,21). The molecule has 1 amide bonds. The molecule has 0 bridgehead atoms. The van der Waals surface area contributed by atoms with Crippen molar-refractivity contribution in [3.8, 4) is 0 Å². The van der Waals surface area contributed by atoms with E-state index in [9.17, 15) is 28.1 Å². The number of halogens is 3. The summed E-state index contributed by atoms with van der Waals surface area (Å²) in [5, 5.41) is 16.1. The second-order valence-electron chi connectivity index (χ2n) is 4.27. The molecule has 0 radical (unpaired) electrons. The number of hydrazine groups is 1. The average molecular weight is 329 g/mol. The van der Waals surface area contributed by atoms with Gasteiger partial charge in [-0.15, -0.1) is 0 Å². The Hall–Kier alpha value is -3.24. The van der Waals surface area contributed by atoms with Gasteiger partial charge in [-0.1, -0.05) is 0 Å². The zero-order valence-electron chi connectivity index (χ0n) is 11.3. The molecule has 0 atom stereocenters. The molecule has 8 nitrogen and oxygen atoms in total. The fourth-order valence-corrected chi connectivity index (χ4v) is 1.64. The molecule has 23 heavy (non-hydrogen) atoms. The van der Waals surface area contributed by atoms with Crippen LogP contribution in [0.1, 0.15) is 5.56 Å². The van der Waals surface area contributed by atoms with Crippen LogP contribution in [0, 0.1) is 10.1 Å². The van der Waals surface area contributed by atoms with E-state index in [0.29, 0.717) is 12.1 Å². The van der Waals surface area contributed by atoms with Crippen LogP contribution in [0.4, 0.5) is 24.5 Å². The van der Waals surface area contributed by atoms with Gasteiger partial charge in [0.15, 0.2) is 0 Å². The average Bonchev–Trinajstić information content (AvgIpc) is 2.52. The van der Waals surface area contributed by atoms with Crippen LogP contribution in [0.2, 0.25) is 0 Å². The summed E-state index contributed by atoms with van der Waals surface area (Å²) < 4.78 is 37.7. The van der Waals surface area contributed by atoms with E-state index < -0.39 is 28.3 Å². The second kappa shape index (κ2) is 6.25. The predicted molar refractivity (Wildman–Crippen MR) is 73.4 cm³/mol. The van der Waals surface area contributed by atoms with Crippen molar-refractivity contribution in [1.29, 1.82) is 0 Å². The number of nitro benzene ring substituents is 1. The topological polar surface area (TPSA) is 108 Å². The predicted octanol–water partition coefficient (Wildman–Crippen LogP) is 1.56. The SMILES string of the molecule is O=C(NNc1ccc(C(F)(F)F)cc1[N+](=O)[O-])C1=CNC=CN1. The number of rotatable bonds is 4. The van der Waals surface area contributed by atoms with Crippen LogP contribution in [0.5, 0.6) is 0 Å². The molecule has 0 fully saturated rings. The molecule has 2 rings (SSSR count). The molecule has 1 heterocycles. The van der Waals surface area contributed by atoms with Crippen molar-refractivity contribution in [3.05, 3.63) is 58.2 Å². The van der Waals surface area contributed by atoms with E-state index in [0.717, 1.165) is 6.07 Å². The maximum absolute atomic E-state index is 12.6. The highest BCUT2D eigenvalue weighted by atomic mass is 19.4. The molecule has 122 valence electrons. The fraction of sp³-hybridized carbons (Fsp3) is 0.0833. The third kappa shape index (κ3) is 3.90. The molecule has 0 spiro atoms. The summed E-state index contributed by atoms with van der Waals surface area (Å²) in [6, 6.07) is 1.92. The van der Waals surface area contributed by atoms with E-state index in [-0.39, 0.29) is 11.4 Å². The van der Waals surface area contributed by atoms with Crippen molar-refractivity contribution in [2.24, 2.45) is 0 Å². The lowest BCUT2D eigenvalue weighted by Gasteiger charge is -2.14. The molecular weight excluding hydrogens is 319 g/mol. The maximum atomic E-state index is 12.6. The summed E-state index contributed by atoms with van der Waals surface area (Å²) in [5.41, 5.74) is 2.22. The Morgan fingerprint density at radius 2 is 2.00 bits per heavy atom. The number of anilines is 1. The number of hydrogen-bond donors (Lipinski definition) is 4. The number of nitrogens with zero attached hydrogens (tertiary/aromatic N) is 1. The molecule has 0 unspecified atom stereocenters. The van der Waals surface area contributed by atoms with E-state index in [1.165, 1.54) is 18.6 Å². The van der Waals surface area contributed by atoms with Gasteiger partial charge in [-0.2, -0.15) is 13.2 Å². The van der Waals surface area contributed by atoms with E-state index in [2.05, 4.69) is 21.5 Å². The Balaban J connectivity index is 2.14. The summed E-state index contributed by atoms with van der Waals surface area (Å²) in [6.45, 7) is 0. The number of nitrogens with one attached hydrogen (secondary N) is 4. The van der Waals surface area contributed by atoms with Crippen molar-refractivity contribution in [2.45, 2.75) is 6.18 Å². The first-order valence-electron chi connectivity index (χ1n) is 6.09. The smallest absolute Gasteiger partial charge is 0.364 e. The van der Waals surface area contributed by atoms with Crippen LogP contribution in [0.3, 0.4) is 0 Å². The highest BCUT2D eigenvalue weighted by molar-refractivity contribution is 5.94. The second-order valence-corrected chi connectivity index (χ2v) is 4.27. The number of carbonyl (C=O) groups excluding carboxylic acids is 1. The first kappa shape index (κ1) is 16.1. The Labute approximate surface area is 127 Å². The molecule has 0 aliphatic carbocycles. The fourth-order valence-electron chi connectivity index (χ4n) is 1.64. The van der Waals surface area contributed by atoms with Gasteiger partial charge in [-0.3, -0.25) is 25.8 Å². The van der Waals surface area contributed by atoms with Gasteiger partial charge in [0.25, 0.3) is 11.6 Å². The monoisotopic (exact) mass is 329 g/mol. The molecular formula is C12H10F3N5O3. The lowest BCUT2D eigenvalue weighted by atomic mass is 10.1. The van der Waals surface area contributed by atoms with Crippen LogP contribution >= 0.6 is 0 Å². The Morgan fingerprint density at radius 3 is 2.57 bits per heavy atom. The van der Waals surface area contributed by atoms with Crippen LogP contribution in [0.25, 0.3) is 0 Å². The normalized spacial score (nSPS) is 13.4. The Morgan fingerprint density at radius 1 is 1.26 bits per heavy atom. The number of amides is 1. The number of nitro groups is 1. The zero-order chi connectivity index (χ0) is 17.0. The Bertz CT molecular complexity index is 700. The van der Waals surface area contributed by atoms with Crippen LogP contribution in [-0.2, 0) is 11.0 Å².